The predicted octanol–water partition coefficient (Wildman–Crippen LogP) is 3.64. The van der Waals surface area contributed by atoms with Crippen LogP contribution in [0.4, 0.5) is 10.5 Å². The van der Waals surface area contributed by atoms with Crippen molar-refractivity contribution in [3.63, 3.8) is 0 Å². The van der Waals surface area contributed by atoms with Crippen LogP contribution in [0.5, 0.6) is 5.75 Å². The Morgan fingerprint density at radius 2 is 1.92 bits per heavy atom. The zero-order chi connectivity index (χ0) is 18.9. The Hall–Kier alpha value is -2.60. The first kappa shape index (κ1) is 19.7. The molecule has 6 nitrogen and oxygen atoms in total. The van der Waals surface area contributed by atoms with Gasteiger partial charge in [-0.05, 0) is 63.8 Å². The molecule has 0 bridgehead atoms. The third kappa shape index (κ3) is 5.74. The molecule has 1 aromatic carbocycles. The summed E-state index contributed by atoms with van der Waals surface area (Å²) < 4.78 is 5.44. The van der Waals surface area contributed by atoms with Crippen LogP contribution in [0.1, 0.15) is 25.5 Å². The van der Waals surface area contributed by atoms with E-state index in [9.17, 15) is 4.79 Å². The predicted molar refractivity (Wildman–Crippen MR) is 105 cm³/mol. The number of nitrogens with zero attached hydrogens (tertiary/aromatic N) is 3. The smallest absolute Gasteiger partial charge is 0.322 e. The van der Waals surface area contributed by atoms with E-state index in [-0.39, 0.29) is 12.1 Å². The largest absolute Gasteiger partial charge is 0.494 e. The van der Waals surface area contributed by atoms with Crippen LogP contribution in [-0.2, 0) is 0 Å². The maximum absolute atomic E-state index is 12.9. The number of carbonyl (C=O) groups excluding carboxylic acids is 1. The summed E-state index contributed by atoms with van der Waals surface area (Å²) in [7, 11) is 3.99. The van der Waals surface area contributed by atoms with Crippen molar-refractivity contribution < 1.29 is 9.53 Å². The minimum absolute atomic E-state index is 0.0775. The fourth-order valence-electron chi connectivity index (χ4n) is 2.58. The van der Waals surface area contributed by atoms with Crippen LogP contribution in [0.3, 0.4) is 0 Å². The van der Waals surface area contributed by atoms with Crippen molar-refractivity contribution in [2.24, 2.45) is 0 Å². The molecule has 2 amide bonds. The summed E-state index contributed by atoms with van der Waals surface area (Å²) in [6.45, 7) is 5.97. The van der Waals surface area contributed by atoms with E-state index in [1.54, 1.807) is 12.4 Å². The Balaban J connectivity index is 2.11. The average Bonchev–Trinajstić information content (AvgIpc) is 2.64. The third-order valence-electron chi connectivity index (χ3n) is 4.10. The highest BCUT2D eigenvalue weighted by Gasteiger charge is 2.21. The van der Waals surface area contributed by atoms with Gasteiger partial charge in [0, 0.05) is 31.2 Å². The normalized spacial score (nSPS) is 11.9. The number of nitrogens with one attached hydrogen (secondary N) is 1. The van der Waals surface area contributed by atoms with Crippen molar-refractivity contribution in [3.8, 4) is 5.75 Å². The number of amides is 2. The van der Waals surface area contributed by atoms with Crippen LogP contribution in [0.2, 0.25) is 0 Å². The van der Waals surface area contributed by atoms with E-state index in [1.807, 2.05) is 69.2 Å². The zero-order valence-electron chi connectivity index (χ0n) is 16.0. The molecule has 1 atom stereocenters. The molecule has 0 fully saturated rings. The molecule has 1 aromatic heterocycles. The first-order valence-electron chi connectivity index (χ1n) is 8.86. The van der Waals surface area contributed by atoms with Crippen LogP contribution in [-0.4, -0.2) is 54.6 Å². The van der Waals surface area contributed by atoms with Crippen molar-refractivity contribution in [1.82, 2.24) is 14.8 Å². The fourth-order valence-corrected chi connectivity index (χ4v) is 2.58. The van der Waals surface area contributed by atoms with Crippen LogP contribution < -0.4 is 10.1 Å². The molecular formula is C20H28N4O2. The summed E-state index contributed by atoms with van der Waals surface area (Å²) in [5, 5.41) is 2.98. The number of carbonyl (C=O) groups is 1. The molecule has 1 N–H and O–H groups in total. The van der Waals surface area contributed by atoms with Crippen LogP contribution in [0.15, 0.2) is 48.8 Å². The number of hydrogen-bond donors (Lipinski definition) is 1. The molecule has 0 saturated heterocycles. The number of rotatable bonds is 8. The quantitative estimate of drug-likeness (QED) is 0.785. The summed E-state index contributed by atoms with van der Waals surface area (Å²) in [5.41, 5.74) is 1.75. The summed E-state index contributed by atoms with van der Waals surface area (Å²) >= 11 is 0. The standard InChI is InChI=1S/C20H28N4O2/c1-5-26-19-10-8-18(9-11-19)22-20(25)24(14-13-23(3)4)16(2)17-7-6-12-21-15-17/h6-12,15-16H,5,13-14H2,1-4H3,(H,22,25)/t16-/m1/s1. The number of ether oxygens (including phenoxy) is 1. The third-order valence-corrected chi connectivity index (χ3v) is 4.10. The van der Waals surface area contributed by atoms with Gasteiger partial charge in [0.15, 0.2) is 0 Å². The van der Waals surface area contributed by atoms with Crippen molar-refractivity contribution in [3.05, 3.63) is 54.4 Å². The van der Waals surface area contributed by atoms with Gasteiger partial charge in [0.1, 0.15) is 5.75 Å². The maximum Gasteiger partial charge on any atom is 0.322 e. The van der Waals surface area contributed by atoms with Gasteiger partial charge in [-0.2, -0.15) is 0 Å². The number of aromatic nitrogens is 1. The topological polar surface area (TPSA) is 57.7 Å². The van der Waals surface area contributed by atoms with E-state index in [0.29, 0.717) is 13.2 Å². The van der Waals surface area contributed by atoms with E-state index in [0.717, 1.165) is 23.5 Å². The number of anilines is 1. The highest BCUT2D eigenvalue weighted by atomic mass is 16.5. The zero-order valence-corrected chi connectivity index (χ0v) is 16.0. The lowest BCUT2D eigenvalue weighted by atomic mass is 10.1. The lowest BCUT2D eigenvalue weighted by molar-refractivity contribution is 0.185. The molecule has 0 spiro atoms. The molecule has 2 aromatic rings. The maximum atomic E-state index is 12.9. The second-order valence-corrected chi connectivity index (χ2v) is 6.35. The molecule has 0 aliphatic heterocycles. The molecule has 0 unspecified atom stereocenters. The average molecular weight is 356 g/mol. The fraction of sp³-hybridized carbons (Fsp3) is 0.400. The Bertz CT molecular complexity index is 674. The molecular weight excluding hydrogens is 328 g/mol. The summed E-state index contributed by atoms with van der Waals surface area (Å²) in [6.07, 6.45) is 3.54. The van der Waals surface area contributed by atoms with Gasteiger partial charge in [0.25, 0.3) is 0 Å². The minimum atomic E-state index is -0.132. The first-order chi connectivity index (χ1) is 12.5. The van der Waals surface area contributed by atoms with Gasteiger partial charge in [-0.3, -0.25) is 4.98 Å². The molecule has 0 aliphatic carbocycles. The van der Waals surface area contributed by atoms with Gasteiger partial charge in [0.05, 0.1) is 12.6 Å². The Morgan fingerprint density at radius 1 is 1.19 bits per heavy atom. The number of likely N-dealkylation sites (N-methyl/N-ethyl adjacent to an activating group) is 1. The highest BCUT2D eigenvalue weighted by molar-refractivity contribution is 5.89. The van der Waals surface area contributed by atoms with Gasteiger partial charge < -0.3 is 19.9 Å². The molecule has 2 rings (SSSR count). The Labute approximate surface area is 155 Å². The monoisotopic (exact) mass is 356 g/mol. The van der Waals surface area contributed by atoms with E-state index in [1.165, 1.54) is 0 Å². The van der Waals surface area contributed by atoms with Gasteiger partial charge >= 0.3 is 6.03 Å². The molecule has 1 heterocycles. The van der Waals surface area contributed by atoms with Crippen LogP contribution in [0, 0.1) is 0 Å². The molecule has 0 aliphatic rings. The summed E-state index contributed by atoms with van der Waals surface area (Å²) in [5.74, 6) is 0.790. The minimum Gasteiger partial charge on any atom is -0.494 e. The van der Waals surface area contributed by atoms with Crippen molar-refractivity contribution in [2.45, 2.75) is 19.9 Å². The number of hydrogen-bond acceptors (Lipinski definition) is 4. The number of pyridine rings is 1. The first-order valence-corrected chi connectivity index (χ1v) is 8.86. The highest BCUT2D eigenvalue weighted by Crippen LogP contribution is 2.21. The van der Waals surface area contributed by atoms with Crippen LogP contribution in [0.25, 0.3) is 0 Å². The van der Waals surface area contributed by atoms with Gasteiger partial charge in [-0.1, -0.05) is 6.07 Å². The van der Waals surface area contributed by atoms with E-state index < -0.39 is 0 Å². The van der Waals surface area contributed by atoms with E-state index in [2.05, 4.69) is 15.2 Å². The summed E-state index contributed by atoms with van der Waals surface area (Å²) in [4.78, 5) is 21.0. The molecule has 6 heteroatoms. The summed E-state index contributed by atoms with van der Waals surface area (Å²) in [6, 6.07) is 11.1. The van der Waals surface area contributed by atoms with Crippen molar-refractivity contribution >= 4 is 11.7 Å². The van der Waals surface area contributed by atoms with Gasteiger partial charge in [0.2, 0.25) is 0 Å². The Kier molecular flexibility index (Phi) is 7.41. The number of benzene rings is 1. The van der Waals surface area contributed by atoms with Gasteiger partial charge in [-0.15, -0.1) is 0 Å². The van der Waals surface area contributed by atoms with Crippen molar-refractivity contribution in [2.75, 3.05) is 39.1 Å². The molecule has 140 valence electrons. The van der Waals surface area contributed by atoms with Crippen LogP contribution >= 0.6 is 0 Å². The van der Waals surface area contributed by atoms with Crippen molar-refractivity contribution in [1.29, 1.82) is 0 Å². The molecule has 26 heavy (non-hydrogen) atoms. The van der Waals surface area contributed by atoms with Gasteiger partial charge in [-0.25, -0.2) is 4.79 Å². The second-order valence-electron chi connectivity index (χ2n) is 6.35. The Morgan fingerprint density at radius 3 is 2.50 bits per heavy atom. The van der Waals surface area contributed by atoms with E-state index in [4.69, 9.17) is 4.74 Å². The number of urea groups is 1. The lowest BCUT2D eigenvalue weighted by Crippen LogP contribution is -2.41. The molecule has 0 saturated carbocycles. The second kappa shape index (κ2) is 9.77. The lowest BCUT2D eigenvalue weighted by Gasteiger charge is -2.30. The SMILES string of the molecule is CCOc1ccc(NC(=O)N(CCN(C)C)[C@H](C)c2cccnc2)cc1. The molecule has 0 radical (unpaired) electrons. The van der Waals surface area contributed by atoms with E-state index >= 15 is 0 Å².